The minimum absolute atomic E-state index is 0.306. The Bertz CT molecular complexity index is 676. The lowest BCUT2D eigenvalue weighted by molar-refractivity contribution is 0.102. The number of nitrogens with one attached hydrogen (secondary N) is 1. The molecule has 0 aromatic heterocycles. The second-order valence-corrected chi connectivity index (χ2v) is 5.50. The smallest absolute Gasteiger partial charge is 0.259 e. The molecule has 2 rings (SSSR count). The minimum atomic E-state index is -0.306. The van der Waals surface area contributed by atoms with Crippen molar-refractivity contribution < 1.29 is 14.3 Å². The predicted molar refractivity (Wildman–Crippen MR) is 86.7 cm³/mol. The Hall–Kier alpha value is -1.72. The van der Waals surface area contributed by atoms with Gasteiger partial charge in [0.15, 0.2) is 0 Å². The summed E-state index contributed by atoms with van der Waals surface area (Å²) in [4.78, 5) is 12.4. The average molecular weight is 371 g/mol. The third kappa shape index (κ3) is 3.68. The number of benzene rings is 2. The summed E-state index contributed by atoms with van der Waals surface area (Å²) in [5, 5.41) is 3.28. The standard InChI is InChI=1S/C15H13BrClNO3/c1-20-13-6-4-10(17)8-12(13)18-15(19)11-5-3-9(16)7-14(11)21-2/h3-8H,1-2H3,(H,18,19). The first kappa shape index (κ1) is 15.7. The molecule has 0 radical (unpaired) electrons. The molecule has 0 saturated heterocycles. The van der Waals surface area contributed by atoms with E-state index in [0.29, 0.717) is 27.8 Å². The second-order valence-electron chi connectivity index (χ2n) is 4.14. The van der Waals surface area contributed by atoms with Crippen LogP contribution in [-0.2, 0) is 0 Å². The van der Waals surface area contributed by atoms with E-state index >= 15 is 0 Å². The molecular formula is C15H13BrClNO3. The summed E-state index contributed by atoms with van der Waals surface area (Å²) in [7, 11) is 3.04. The first-order valence-corrected chi connectivity index (χ1v) is 7.20. The number of carbonyl (C=O) groups excluding carboxylic acids is 1. The normalized spacial score (nSPS) is 10.1. The molecule has 0 unspecified atom stereocenters. The summed E-state index contributed by atoms with van der Waals surface area (Å²) >= 11 is 9.28. The van der Waals surface area contributed by atoms with Crippen molar-refractivity contribution >= 4 is 39.1 Å². The van der Waals surface area contributed by atoms with Crippen LogP contribution in [-0.4, -0.2) is 20.1 Å². The Balaban J connectivity index is 2.32. The molecule has 0 aliphatic heterocycles. The lowest BCUT2D eigenvalue weighted by atomic mass is 10.2. The highest BCUT2D eigenvalue weighted by molar-refractivity contribution is 9.10. The number of methoxy groups -OCH3 is 2. The molecule has 0 saturated carbocycles. The maximum atomic E-state index is 12.4. The summed E-state index contributed by atoms with van der Waals surface area (Å²) in [6.07, 6.45) is 0. The summed E-state index contributed by atoms with van der Waals surface area (Å²) < 4.78 is 11.2. The molecule has 6 heteroatoms. The van der Waals surface area contributed by atoms with Gasteiger partial charge in [-0.15, -0.1) is 0 Å². The monoisotopic (exact) mass is 369 g/mol. The van der Waals surface area contributed by atoms with Gasteiger partial charge in [-0.05, 0) is 36.4 Å². The van der Waals surface area contributed by atoms with Gasteiger partial charge in [0.25, 0.3) is 5.91 Å². The molecule has 0 bridgehead atoms. The van der Waals surface area contributed by atoms with Crippen LogP contribution >= 0.6 is 27.5 Å². The van der Waals surface area contributed by atoms with Crippen LogP contribution in [0, 0.1) is 0 Å². The summed E-state index contributed by atoms with van der Waals surface area (Å²) in [5.41, 5.74) is 0.919. The third-order valence-corrected chi connectivity index (χ3v) is 3.55. The number of hydrogen-bond donors (Lipinski definition) is 1. The molecule has 0 aliphatic rings. The summed E-state index contributed by atoms with van der Waals surface area (Å²) in [6.45, 7) is 0. The number of amides is 1. The number of hydrogen-bond acceptors (Lipinski definition) is 3. The van der Waals surface area contributed by atoms with Gasteiger partial charge in [0.2, 0.25) is 0 Å². The van der Waals surface area contributed by atoms with Gasteiger partial charge in [0.1, 0.15) is 11.5 Å². The van der Waals surface area contributed by atoms with Crippen molar-refractivity contribution in [1.82, 2.24) is 0 Å². The van der Waals surface area contributed by atoms with E-state index in [1.165, 1.54) is 14.2 Å². The van der Waals surface area contributed by atoms with Gasteiger partial charge >= 0.3 is 0 Å². The average Bonchev–Trinajstić information content (AvgIpc) is 2.47. The van der Waals surface area contributed by atoms with E-state index in [2.05, 4.69) is 21.2 Å². The zero-order valence-corrected chi connectivity index (χ0v) is 13.8. The molecular weight excluding hydrogens is 358 g/mol. The lowest BCUT2D eigenvalue weighted by Gasteiger charge is -2.12. The van der Waals surface area contributed by atoms with Crippen LogP contribution < -0.4 is 14.8 Å². The highest BCUT2D eigenvalue weighted by Crippen LogP contribution is 2.30. The van der Waals surface area contributed by atoms with Gasteiger partial charge in [-0.2, -0.15) is 0 Å². The molecule has 0 spiro atoms. The van der Waals surface area contributed by atoms with Crippen LogP contribution in [0.4, 0.5) is 5.69 Å². The Morgan fingerprint density at radius 1 is 1.10 bits per heavy atom. The van der Waals surface area contributed by atoms with E-state index in [0.717, 1.165) is 4.47 Å². The quantitative estimate of drug-likeness (QED) is 0.869. The second kappa shape index (κ2) is 6.83. The molecule has 0 aliphatic carbocycles. The summed E-state index contributed by atoms with van der Waals surface area (Å²) in [5.74, 6) is 0.701. The Morgan fingerprint density at radius 3 is 2.48 bits per heavy atom. The van der Waals surface area contributed by atoms with Crippen LogP contribution in [0.2, 0.25) is 5.02 Å². The van der Waals surface area contributed by atoms with E-state index in [9.17, 15) is 4.79 Å². The third-order valence-electron chi connectivity index (χ3n) is 2.82. The molecule has 1 N–H and O–H groups in total. The SMILES string of the molecule is COc1ccc(Cl)cc1NC(=O)c1ccc(Br)cc1OC. The highest BCUT2D eigenvalue weighted by atomic mass is 79.9. The van der Waals surface area contributed by atoms with Gasteiger partial charge in [-0.1, -0.05) is 27.5 Å². The van der Waals surface area contributed by atoms with Crippen LogP contribution in [0.1, 0.15) is 10.4 Å². The number of carbonyl (C=O) groups is 1. The van der Waals surface area contributed by atoms with E-state index in [1.54, 1.807) is 36.4 Å². The molecule has 2 aromatic carbocycles. The first-order valence-electron chi connectivity index (χ1n) is 6.03. The lowest BCUT2D eigenvalue weighted by Crippen LogP contribution is -2.13. The zero-order valence-electron chi connectivity index (χ0n) is 11.4. The summed E-state index contributed by atoms with van der Waals surface area (Å²) in [6, 6.07) is 10.2. The molecule has 110 valence electrons. The maximum Gasteiger partial charge on any atom is 0.259 e. The van der Waals surface area contributed by atoms with Crippen LogP contribution in [0.3, 0.4) is 0 Å². The van der Waals surface area contributed by atoms with E-state index < -0.39 is 0 Å². The molecule has 21 heavy (non-hydrogen) atoms. The minimum Gasteiger partial charge on any atom is -0.496 e. The van der Waals surface area contributed by atoms with Crippen LogP contribution in [0.25, 0.3) is 0 Å². The molecule has 2 aromatic rings. The van der Waals surface area contributed by atoms with E-state index in [-0.39, 0.29) is 5.91 Å². The van der Waals surface area contributed by atoms with Gasteiger partial charge in [-0.3, -0.25) is 4.79 Å². The van der Waals surface area contributed by atoms with Crippen LogP contribution in [0.15, 0.2) is 40.9 Å². The van der Waals surface area contributed by atoms with Crippen molar-refractivity contribution in [2.75, 3.05) is 19.5 Å². The Morgan fingerprint density at radius 2 is 1.81 bits per heavy atom. The predicted octanol–water partition coefficient (Wildman–Crippen LogP) is 4.37. The Labute approximate surface area is 136 Å². The van der Waals surface area contributed by atoms with Crippen molar-refractivity contribution in [2.24, 2.45) is 0 Å². The van der Waals surface area contributed by atoms with Crippen LogP contribution in [0.5, 0.6) is 11.5 Å². The fourth-order valence-electron chi connectivity index (χ4n) is 1.82. The number of halogens is 2. The van der Waals surface area contributed by atoms with Crippen molar-refractivity contribution in [3.63, 3.8) is 0 Å². The fourth-order valence-corrected chi connectivity index (χ4v) is 2.33. The molecule has 1 amide bonds. The van der Waals surface area contributed by atoms with Gasteiger partial charge in [-0.25, -0.2) is 0 Å². The first-order chi connectivity index (χ1) is 10.0. The van der Waals surface area contributed by atoms with Crippen molar-refractivity contribution in [3.8, 4) is 11.5 Å². The van der Waals surface area contributed by atoms with Gasteiger partial charge in [0.05, 0.1) is 25.5 Å². The topological polar surface area (TPSA) is 47.6 Å². The number of ether oxygens (including phenoxy) is 2. The van der Waals surface area contributed by atoms with Crippen molar-refractivity contribution in [1.29, 1.82) is 0 Å². The van der Waals surface area contributed by atoms with Crippen molar-refractivity contribution in [3.05, 3.63) is 51.5 Å². The molecule has 0 heterocycles. The Kier molecular flexibility index (Phi) is 5.09. The van der Waals surface area contributed by atoms with Gasteiger partial charge < -0.3 is 14.8 Å². The molecule has 0 fully saturated rings. The fraction of sp³-hybridized carbons (Fsp3) is 0.133. The largest absolute Gasteiger partial charge is 0.496 e. The van der Waals surface area contributed by atoms with Gasteiger partial charge in [0, 0.05) is 9.50 Å². The van der Waals surface area contributed by atoms with Crippen molar-refractivity contribution in [2.45, 2.75) is 0 Å². The zero-order chi connectivity index (χ0) is 15.4. The number of rotatable bonds is 4. The maximum absolute atomic E-state index is 12.4. The molecule has 0 atom stereocenters. The van der Waals surface area contributed by atoms with E-state index in [1.807, 2.05) is 0 Å². The van der Waals surface area contributed by atoms with E-state index in [4.69, 9.17) is 21.1 Å². The molecule has 4 nitrogen and oxygen atoms in total. The highest BCUT2D eigenvalue weighted by Gasteiger charge is 2.15. The number of anilines is 1.